The largest absolute Gasteiger partial charge is 0.371 e. The lowest BCUT2D eigenvalue weighted by Gasteiger charge is -2.39. The van der Waals surface area contributed by atoms with Crippen molar-refractivity contribution in [2.45, 2.75) is 19.3 Å². The summed E-state index contributed by atoms with van der Waals surface area (Å²) in [7, 11) is 0. The van der Waals surface area contributed by atoms with E-state index in [1.807, 2.05) is 41.0 Å². The lowest BCUT2D eigenvalue weighted by atomic mass is 9.77. The smallest absolute Gasteiger partial charge is 0.256 e. The molecule has 0 bridgehead atoms. The summed E-state index contributed by atoms with van der Waals surface area (Å²) >= 11 is 1.59. The molecule has 138 valence electrons. The predicted molar refractivity (Wildman–Crippen MR) is 108 cm³/mol. The van der Waals surface area contributed by atoms with Crippen LogP contribution in [0.25, 0.3) is 10.2 Å². The molecular formula is C21H22N4OS. The van der Waals surface area contributed by atoms with Crippen LogP contribution in [0.3, 0.4) is 0 Å². The fourth-order valence-corrected chi connectivity index (χ4v) is 5.24. The molecule has 2 aliphatic rings. The van der Waals surface area contributed by atoms with Crippen LogP contribution in [-0.4, -0.2) is 47.0 Å². The number of carbonyl (C=O) groups excluding carboxylic acids is 1. The Kier molecular flexibility index (Phi) is 4.08. The molecule has 0 unspecified atom stereocenters. The number of benzene rings is 1. The third-order valence-electron chi connectivity index (χ3n) is 6.17. The zero-order chi connectivity index (χ0) is 18.3. The molecule has 0 N–H and O–H groups in total. The van der Waals surface area contributed by atoms with Crippen molar-refractivity contribution in [3.63, 3.8) is 0 Å². The highest BCUT2D eigenvalue weighted by molar-refractivity contribution is 7.16. The molecule has 27 heavy (non-hydrogen) atoms. The first-order chi connectivity index (χ1) is 13.2. The van der Waals surface area contributed by atoms with E-state index < -0.39 is 0 Å². The molecule has 0 atom stereocenters. The summed E-state index contributed by atoms with van der Waals surface area (Å²) in [6, 6.07) is 10.1. The Morgan fingerprint density at radius 1 is 1.04 bits per heavy atom. The van der Waals surface area contributed by atoms with Crippen molar-refractivity contribution in [2.75, 3.05) is 31.1 Å². The van der Waals surface area contributed by atoms with E-state index in [0.29, 0.717) is 5.41 Å². The lowest BCUT2D eigenvalue weighted by Crippen LogP contribution is -2.44. The Hall–Kier alpha value is -2.47. The fraction of sp³-hybridized carbons (Fsp3) is 0.381. The average molecular weight is 379 g/mol. The van der Waals surface area contributed by atoms with Crippen LogP contribution in [0.5, 0.6) is 0 Å². The lowest BCUT2D eigenvalue weighted by molar-refractivity contribution is 0.0612. The molecule has 1 amide bonds. The van der Waals surface area contributed by atoms with Crippen molar-refractivity contribution in [3.8, 4) is 0 Å². The highest BCUT2D eigenvalue weighted by Gasteiger charge is 2.41. The van der Waals surface area contributed by atoms with Gasteiger partial charge < -0.3 is 9.80 Å². The summed E-state index contributed by atoms with van der Waals surface area (Å²) in [5.74, 6) is 0.130. The number of amides is 1. The highest BCUT2D eigenvalue weighted by atomic mass is 32.1. The van der Waals surface area contributed by atoms with Crippen LogP contribution in [-0.2, 0) is 0 Å². The van der Waals surface area contributed by atoms with Gasteiger partial charge in [-0.15, -0.1) is 11.3 Å². The van der Waals surface area contributed by atoms with Crippen molar-refractivity contribution >= 4 is 33.1 Å². The van der Waals surface area contributed by atoms with Gasteiger partial charge in [0.25, 0.3) is 5.91 Å². The van der Waals surface area contributed by atoms with Gasteiger partial charge in [0.1, 0.15) is 0 Å². The van der Waals surface area contributed by atoms with Gasteiger partial charge in [-0.3, -0.25) is 9.78 Å². The van der Waals surface area contributed by atoms with E-state index in [2.05, 4.69) is 27.0 Å². The number of aromatic nitrogens is 2. The number of piperidine rings is 1. The second-order valence-electron chi connectivity index (χ2n) is 7.67. The zero-order valence-corrected chi connectivity index (χ0v) is 16.0. The van der Waals surface area contributed by atoms with E-state index in [9.17, 15) is 4.79 Å². The molecule has 3 aromatic rings. The van der Waals surface area contributed by atoms with Gasteiger partial charge in [-0.05, 0) is 48.9 Å². The summed E-state index contributed by atoms with van der Waals surface area (Å²) in [5, 5.41) is 0. The second-order valence-corrected chi connectivity index (χ2v) is 8.56. The summed E-state index contributed by atoms with van der Waals surface area (Å²) in [5.41, 5.74) is 5.01. The monoisotopic (exact) mass is 378 g/mol. The van der Waals surface area contributed by atoms with Gasteiger partial charge in [0.05, 0.1) is 21.3 Å². The SMILES string of the molecule is O=C(c1cccc2scnc12)N1CCC2(CC1)CCN(c1ccncc1)C2. The van der Waals surface area contributed by atoms with Crippen LogP contribution < -0.4 is 4.90 Å². The van der Waals surface area contributed by atoms with Gasteiger partial charge in [0.15, 0.2) is 0 Å². The number of anilines is 1. The van der Waals surface area contributed by atoms with Gasteiger partial charge >= 0.3 is 0 Å². The number of hydrogen-bond donors (Lipinski definition) is 0. The average Bonchev–Trinajstić information content (AvgIpc) is 3.36. The van der Waals surface area contributed by atoms with E-state index in [1.165, 1.54) is 12.1 Å². The second kappa shape index (κ2) is 6.60. The van der Waals surface area contributed by atoms with E-state index in [4.69, 9.17) is 0 Å². The molecule has 0 radical (unpaired) electrons. The number of para-hydroxylation sites is 1. The van der Waals surface area contributed by atoms with E-state index in [-0.39, 0.29) is 5.91 Å². The molecular weight excluding hydrogens is 356 g/mol. The number of likely N-dealkylation sites (tertiary alicyclic amines) is 1. The molecule has 4 heterocycles. The molecule has 6 heteroatoms. The van der Waals surface area contributed by atoms with Crippen LogP contribution >= 0.6 is 11.3 Å². The molecule has 2 aromatic heterocycles. The van der Waals surface area contributed by atoms with E-state index in [0.717, 1.165) is 54.8 Å². The molecule has 2 fully saturated rings. The molecule has 5 nitrogen and oxygen atoms in total. The van der Waals surface area contributed by atoms with Gasteiger partial charge in [0, 0.05) is 44.3 Å². The van der Waals surface area contributed by atoms with Crippen molar-refractivity contribution in [3.05, 3.63) is 53.8 Å². The standard InChI is InChI=1S/C21H22N4OS/c26-20(17-2-1-3-18-19(17)23-15-27-18)24-11-6-21(7-12-24)8-13-25(14-21)16-4-9-22-10-5-16/h1-5,9-10,15H,6-8,11-14H2. The number of pyridine rings is 1. The molecule has 0 aliphatic carbocycles. The normalized spacial score (nSPS) is 19.1. The minimum absolute atomic E-state index is 0.130. The maximum absolute atomic E-state index is 13.1. The first kappa shape index (κ1) is 16.7. The first-order valence-electron chi connectivity index (χ1n) is 9.51. The Labute approximate surface area is 162 Å². The third-order valence-corrected chi connectivity index (χ3v) is 6.96. The number of nitrogens with zero attached hydrogens (tertiary/aromatic N) is 4. The number of fused-ring (bicyclic) bond motifs is 1. The van der Waals surface area contributed by atoms with Crippen LogP contribution in [0.1, 0.15) is 29.6 Å². The van der Waals surface area contributed by atoms with Crippen LogP contribution in [0, 0.1) is 5.41 Å². The van der Waals surface area contributed by atoms with Crippen molar-refractivity contribution in [1.29, 1.82) is 0 Å². The predicted octanol–water partition coefficient (Wildman–Crippen LogP) is 3.82. The number of carbonyl (C=O) groups is 1. The van der Waals surface area contributed by atoms with Gasteiger partial charge in [-0.2, -0.15) is 0 Å². The van der Waals surface area contributed by atoms with Crippen molar-refractivity contribution in [2.24, 2.45) is 5.41 Å². The minimum Gasteiger partial charge on any atom is -0.371 e. The van der Waals surface area contributed by atoms with Gasteiger partial charge in [0.2, 0.25) is 0 Å². The van der Waals surface area contributed by atoms with Gasteiger partial charge in [-0.25, -0.2) is 4.98 Å². The number of thiazole rings is 1. The number of hydrogen-bond acceptors (Lipinski definition) is 5. The molecule has 1 aromatic carbocycles. The summed E-state index contributed by atoms with van der Waals surface area (Å²) in [4.78, 5) is 26.1. The molecule has 2 saturated heterocycles. The maximum atomic E-state index is 13.1. The Bertz CT molecular complexity index is 962. The Balaban J connectivity index is 1.28. The summed E-state index contributed by atoms with van der Waals surface area (Å²) in [6.07, 6.45) is 7.08. The summed E-state index contributed by atoms with van der Waals surface area (Å²) in [6.45, 7) is 3.85. The quantitative estimate of drug-likeness (QED) is 0.680. The molecule has 1 spiro atoms. The van der Waals surface area contributed by atoms with Crippen molar-refractivity contribution in [1.82, 2.24) is 14.9 Å². The van der Waals surface area contributed by atoms with Crippen LogP contribution in [0.4, 0.5) is 5.69 Å². The number of rotatable bonds is 2. The van der Waals surface area contributed by atoms with Gasteiger partial charge in [-0.1, -0.05) is 6.07 Å². The van der Waals surface area contributed by atoms with Crippen LogP contribution in [0.2, 0.25) is 0 Å². The third kappa shape index (κ3) is 2.98. The van der Waals surface area contributed by atoms with Crippen LogP contribution in [0.15, 0.2) is 48.2 Å². The topological polar surface area (TPSA) is 49.3 Å². The zero-order valence-electron chi connectivity index (χ0n) is 15.2. The minimum atomic E-state index is 0.130. The van der Waals surface area contributed by atoms with Crippen molar-refractivity contribution < 1.29 is 4.79 Å². The fourth-order valence-electron chi connectivity index (χ4n) is 4.53. The summed E-state index contributed by atoms with van der Waals surface area (Å²) < 4.78 is 1.08. The molecule has 0 saturated carbocycles. The Morgan fingerprint density at radius 3 is 2.63 bits per heavy atom. The highest BCUT2D eigenvalue weighted by Crippen LogP contribution is 2.42. The molecule has 5 rings (SSSR count). The van der Waals surface area contributed by atoms with E-state index >= 15 is 0 Å². The maximum Gasteiger partial charge on any atom is 0.256 e. The molecule has 2 aliphatic heterocycles. The first-order valence-corrected chi connectivity index (χ1v) is 10.4. The van der Waals surface area contributed by atoms with E-state index in [1.54, 1.807) is 11.3 Å². The Morgan fingerprint density at radius 2 is 1.81 bits per heavy atom.